The Morgan fingerprint density at radius 1 is 1.26 bits per heavy atom. The summed E-state index contributed by atoms with van der Waals surface area (Å²) >= 11 is 0. The highest BCUT2D eigenvalue weighted by Crippen LogP contribution is 2.09. The van der Waals surface area contributed by atoms with Crippen molar-refractivity contribution in [1.29, 1.82) is 0 Å². The van der Waals surface area contributed by atoms with Crippen LogP contribution in [0.2, 0.25) is 0 Å². The molecule has 0 radical (unpaired) electrons. The number of nitrogens with one attached hydrogen (secondary N) is 2. The minimum Gasteiger partial charge on any atom is -0.363 e. The van der Waals surface area contributed by atoms with Crippen molar-refractivity contribution in [2.45, 2.75) is 25.8 Å². The molecule has 7 heteroatoms. The van der Waals surface area contributed by atoms with Gasteiger partial charge in [-0.15, -0.1) is 0 Å². The van der Waals surface area contributed by atoms with Crippen LogP contribution in [0.25, 0.3) is 0 Å². The maximum atomic E-state index is 11.9. The third-order valence-corrected chi connectivity index (χ3v) is 3.80. The molecule has 0 spiro atoms. The van der Waals surface area contributed by atoms with Gasteiger partial charge in [-0.3, -0.25) is 4.79 Å². The van der Waals surface area contributed by atoms with Crippen molar-refractivity contribution in [3.8, 4) is 0 Å². The maximum absolute atomic E-state index is 11.9. The summed E-state index contributed by atoms with van der Waals surface area (Å²) < 4.78 is 0. The largest absolute Gasteiger partial charge is 0.363 e. The van der Waals surface area contributed by atoms with Crippen molar-refractivity contribution < 1.29 is 9.59 Å². The third-order valence-electron chi connectivity index (χ3n) is 3.80. The Balaban J connectivity index is 1.66. The molecule has 1 aliphatic heterocycles. The molecule has 1 aromatic rings. The molecule has 3 amide bonds. The van der Waals surface area contributed by atoms with Gasteiger partial charge >= 0.3 is 6.03 Å². The monoisotopic (exact) mass is 319 g/mol. The zero-order valence-electron chi connectivity index (χ0n) is 13.8. The van der Waals surface area contributed by atoms with Crippen molar-refractivity contribution in [3.63, 3.8) is 0 Å². The molecule has 2 rings (SSSR count). The zero-order valence-corrected chi connectivity index (χ0v) is 13.8. The highest BCUT2D eigenvalue weighted by Gasteiger charge is 2.17. The summed E-state index contributed by atoms with van der Waals surface area (Å²) in [5, 5.41) is 5.51. The van der Waals surface area contributed by atoms with Crippen LogP contribution in [-0.2, 0) is 11.3 Å². The third kappa shape index (κ3) is 5.43. The fraction of sp³-hybridized carbons (Fsp3) is 0.562. The predicted molar refractivity (Wildman–Crippen MR) is 89.2 cm³/mol. The van der Waals surface area contributed by atoms with E-state index in [0.29, 0.717) is 19.5 Å². The standard InChI is InChI=1S/C16H25N5O2/c1-20(2)14-11-13(5-7-17-14)12-19-16(23)18-8-6-15(22)21-9-3-4-10-21/h5,7,11H,3-4,6,8-10,12H2,1-2H3,(H2,18,19,23). The van der Waals surface area contributed by atoms with E-state index in [9.17, 15) is 9.59 Å². The minimum atomic E-state index is -0.262. The number of hydrogen-bond acceptors (Lipinski definition) is 4. The van der Waals surface area contributed by atoms with E-state index in [0.717, 1.165) is 37.3 Å². The fourth-order valence-electron chi connectivity index (χ4n) is 2.47. The molecule has 23 heavy (non-hydrogen) atoms. The number of carbonyl (C=O) groups excluding carboxylic acids is 2. The molecule has 0 atom stereocenters. The van der Waals surface area contributed by atoms with Gasteiger partial charge in [-0.25, -0.2) is 9.78 Å². The summed E-state index contributed by atoms with van der Waals surface area (Å²) in [5.74, 6) is 0.966. The first kappa shape index (κ1) is 17.1. The Bertz CT molecular complexity index is 541. The summed E-state index contributed by atoms with van der Waals surface area (Å²) in [6.45, 7) is 2.48. The molecule has 126 valence electrons. The zero-order chi connectivity index (χ0) is 16.7. The van der Waals surface area contributed by atoms with Gasteiger partial charge in [-0.05, 0) is 30.5 Å². The van der Waals surface area contributed by atoms with Crippen LogP contribution in [0, 0.1) is 0 Å². The van der Waals surface area contributed by atoms with Gasteiger partial charge in [0, 0.05) is 52.9 Å². The van der Waals surface area contributed by atoms with Gasteiger partial charge in [0.25, 0.3) is 0 Å². The molecule has 1 fully saturated rings. The number of nitrogens with zero attached hydrogens (tertiary/aromatic N) is 3. The van der Waals surface area contributed by atoms with Crippen LogP contribution in [0.4, 0.5) is 10.6 Å². The Morgan fingerprint density at radius 2 is 2.00 bits per heavy atom. The molecule has 1 aliphatic rings. The SMILES string of the molecule is CN(C)c1cc(CNC(=O)NCCC(=O)N2CCCC2)ccn1. The van der Waals surface area contributed by atoms with Crippen molar-refractivity contribution in [2.24, 2.45) is 0 Å². The van der Waals surface area contributed by atoms with E-state index >= 15 is 0 Å². The topological polar surface area (TPSA) is 77.6 Å². The Hall–Kier alpha value is -2.31. The summed E-state index contributed by atoms with van der Waals surface area (Å²) in [6, 6.07) is 3.53. The van der Waals surface area contributed by atoms with Gasteiger partial charge in [0.15, 0.2) is 0 Å². The lowest BCUT2D eigenvalue weighted by Crippen LogP contribution is -2.38. The minimum absolute atomic E-state index is 0.118. The molecule has 2 N–H and O–H groups in total. The number of urea groups is 1. The average molecular weight is 319 g/mol. The number of rotatable bonds is 6. The van der Waals surface area contributed by atoms with Crippen LogP contribution < -0.4 is 15.5 Å². The van der Waals surface area contributed by atoms with Gasteiger partial charge in [0.1, 0.15) is 5.82 Å². The van der Waals surface area contributed by atoms with Crippen LogP contribution >= 0.6 is 0 Å². The van der Waals surface area contributed by atoms with E-state index in [2.05, 4.69) is 15.6 Å². The Labute approximate surface area is 137 Å². The second-order valence-corrected chi connectivity index (χ2v) is 5.86. The average Bonchev–Trinajstić information content (AvgIpc) is 3.07. The van der Waals surface area contributed by atoms with Gasteiger partial charge in [-0.1, -0.05) is 0 Å². The Kier molecular flexibility index (Phi) is 6.19. The van der Waals surface area contributed by atoms with E-state index in [1.165, 1.54) is 0 Å². The van der Waals surface area contributed by atoms with E-state index in [-0.39, 0.29) is 11.9 Å². The molecule has 1 aromatic heterocycles. The maximum Gasteiger partial charge on any atom is 0.315 e. The highest BCUT2D eigenvalue weighted by molar-refractivity contribution is 5.78. The van der Waals surface area contributed by atoms with Crippen LogP contribution in [0.3, 0.4) is 0 Å². The molecule has 2 heterocycles. The number of anilines is 1. The Morgan fingerprint density at radius 3 is 2.70 bits per heavy atom. The van der Waals surface area contributed by atoms with Crippen LogP contribution in [0.5, 0.6) is 0 Å². The first-order valence-electron chi connectivity index (χ1n) is 7.98. The van der Waals surface area contributed by atoms with Gasteiger partial charge in [0.05, 0.1) is 0 Å². The number of likely N-dealkylation sites (tertiary alicyclic amines) is 1. The lowest BCUT2D eigenvalue weighted by Gasteiger charge is -2.15. The molecule has 0 aromatic carbocycles. The smallest absolute Gasteiger partial charge is 0.315 e. The van der Waals surface area contributed by atoms with E-state index in [1.807, 2.05) is 36.0 Å². The first-order chi connectivity index (χ1) is 11.1. The molecule has 0 saturated carbocycles. The molecule has 0 unspecified atom stereocenters. The first-order valence-corrected chi connectivity index (χ1v) is 7.98. The normalized spacial score (nSPS) is 13.7. The van der Waals surface area contributed by atoms with E-state index < -0.39 is 0 Å². The van der Waals surface area contributed by atoms with E-state index in [1.54, 1.807) is 6.20 Å². The van der Waals surface area contributed by atoms with Crippen molar-refractivity contribution in [1.82, 2.24) is 20.5 Å². The fourth-order valence-corrected chi connectivity index (χ4v) is 2.47. The summed E-state index contributed by atoms with van der Waals surface area (Å²) in [6.07, 6.45) is 4.24. The number of pyridine rings is 1. The summed E-state index contributed by atoms with van der Waals surface area (Å²) in [7, 11) is 3.84. The molecule has 0 bridgehead atoms. The van der Waals surface area contributed by atoms with E-state index in [4.69, 9.17) is 0 Å². The second-order valence-electron chi connectivity index (χ2n) is 5.86. The van der Waals surface area contributed by atoms with Crippen molar-refractivity contribution in [3.05, 3.63) is 23.9 Å². The van der Waals surface area contributed by atoms with Gasteiger partial charge < -0.3 is 20.4 Å². The van der Waals surface area contributed by atoms with Crippen molar-refractivity contribution in [2.75, 3.05) is 38.6 Å². The lowest BCUT2D eigenvalue weighted by atomic mass is 10.2. The molecule has 0 aliphatic carbocycles. The second kappa shape index (κ2) is 8.36. The highest BCUT2D eigenvalue weighted by atomic mass is 16.2. The quantitative estimate of drug-likeness (QED) is 0.819. The molecule has 7 nitrogen and oxygen atoms in total. The van der Waals surface area contributed by atoms with Gasteiger partial charge in [0.2, 0.25) is 5.91 Å². The van der Waals surface area contributed by atoms with Crippen LogP contribution in [0.15, 0.2) is 18.3 Å². The van der Waals surface area contributed by atoms with Crippen LogP contribution in [0.1, 0.15) is 24.8 Å². The molecular weight excluding hydrogens is 294 g/mol. The van der Waals surface area contributed by atoms with Crippen molar-refractivity contribution >= 4 is 17.8 Å². The molecular formula is C16H25N5O2. The predicted octanol–water partition coefficient (Wildman–Crippen LogP) is 0.959. The lowest BCUT2D eigenvalue weighted by molar-refractivity contribution is -0.129. The van der Waals surface area contributed by atoms with Crippen LogP contribution in [-0.4, -0.2) is 55.6 Å². The molecule has 1 saturated heterocycles. The number of aromatic nitrogens is 1. The summed E-state index contributed by atoms with van der Waals surface area (Å²) in [4.78, 5) is 31.6. The number of hydrogen-bond donors (Lipinski definition) is 2. The number of amides is 3. The van der Waals surface area contributed by atoms with Gasteiger partial charge in [-0.2, -0.15) is 0 Å². The number of carbonyl (C=O) groups is 2. The summed E-state index contributed by atoms with van der Waals surface area (Å²) in [5.41, 5.74) is 0.979.